The second-order valence-electron chi connectivity index (χ2n) is 4.05. The lowest BCUT2D eigenvalue weighted by Crippen LogP contribution is -2.03. The fourth-order valence-electron chi connectivity index (χ4n) is 1.96. The SMILES string of the molecule is [CH2]C(CC(=O)O)c1cccc2ccc(O)cc12. The summed E-state index contributed by atoms with van der Waals surface area (Å²) in [6, 6.07) is 10.7. The molecular formula is C14H13O3. The van der Waals surface area contributed by atoms with Gasteiger partial charge in [-0.15, -0.1) is 0 Å². The molecule has 0 spiro atoms. The predicted molar refractivity (Wildman–Crippen MR) is 66.0 cm³/mol. The molecule has 2 rings (SSSR count). The molecule has 0 aliphatic heterocycles. The van der Waals surface area contributed by atoms with E-state index in [0.717, 1.165) is 16.3 Å². The number of carboxylic acids is 1. The normalized spacial score (nSPS) is 12.5. The average Bonchev–Trinajstić information content (AvgIpc) is 2.27. The van der Waals surface area contributed by atoms with Gasteiger partial charge in [0.1, 0.15) is 5.75 Å². The Hall–Kier alpha value is -2.03. The first-order chi connectivity index (χ1) is 8.08. The molecule has 17 heavy (non-hydrogen) atoms. The molecule has 87 valence electrons. The minimum atomic E-state index is -0.873. The second-order valence-corrected chi connectivity index (χ2v) is 4.05. The monoisotopic (exact) mass is 229 g/mol. The average molecular weight is 229 g/mol. The largest absolute Gasteiger partial charge is 0.508 e. The number of hydrogen-bond acceptors (Lipinski definition) is 2. The number of benzene rings is 2. The van der Waals surface area contributed by atoms with E-state index in [2.05, 4.69) is 6.92 Å². The standard InChI is InChI=1S/C14H13O3/c1-9(7-14(16)17)12-4-2-3-10-5-6-11(15)8-13(10)12/h2-6,8-9,15H,1,7H2,(H,16,17). The Balaban J connectivity index is 2.52. The lowest BCUT2D eigenvalue weighted by Gasteiger charge is -2.12. The molecule has 0 saturated heterocycles. The molecule has 3 heteroatoms. The highest BCUT2D eigenvalue weighted by molar-refractivity contribution is 5.88. The topological polar surface area (TPSA) is 57.5 Å². The van der Waals surface area contributed by atoms with Crippen LogP contribution in [0.3, 0.4) is 0 Å². The van der Waals surface area contributed by atoms with Gasteiger partial charge in [-0.1, -0.05) is 24.3 Å². The van der Waals surface area contributed by atoms with Crippen molar-refractivity contribution in [1.82, 2.24) is 0 Å². The molecular weight excluding hydrogens is 216 g/mol. The summed E-state index contributed by atoms with van der Waals surface area (Å²) >= 11 is 0. The number of carbonyl (C=O) groups is 1. The van der Waals surface area contributed by atoms with E-state index in [1.165, 1.54) is 0 Å². The highest BCUT2D eigenvalue weighted by Gasteiger charge is 2.13. The van der Waals surface area contributed by atoms with Gasteiger partial charge in [0.25, 0.3) is 0 Å². The van der Waals surface area contributed by atoms with Crippen molar-refractivity contribution in [3.63, 3.8) is 0 Å². The van der Waals surface area contributed by atoms with Gasteiger partial charge in [0, 0.05) is 0 Å². The van der Waals surface area contributed by atoms with Crippen LogP contribution in [0.1, 0.15) is 17.9 Å². The number of fused-ring (bicyclic) bond motifs is 1. The molecule has 2 N–H and O–H groups in total. The minimum Gasteiger partial charge on any atom is -0.508 e. The fourth-order valence-corrected chi connectivity index (χ4v) is 1.96. The number of rotatable bonds is 3. The molecule has 0 aliphatic rings. The Kier molecular flexibility index (Phi) is 3.00. The molecule has 0 aliphatic carbocycles. The first-order valence-corrected chi connectivity index (χ1v) is 5.34. The molecule has 0 bridgehead atoms. The highest BCUT2D eigenvalue weighted by atomic mass is 16.4. The molecule has 0 fully saturated rings. The van der Waals surface area contributed by atoms with E-state index in [-0.39, 0.29) is 18.1 Å². The molecule has 1 unspecified atom stereocenters. The quantitative estimate of drug-likeness (QED) is 0.850. The van der Waals surface area contributed by atoms with Gasteiger partial charge in [-0.25, -0.2) is 0 Å². The summed E-state index contributed by atoms with van der Waals surface area (Å²) in [4.78, 5) is 10.7. The van der Waals surface area contributed by atoms with Crippen molar-refractivity contribution in [3.8, 4) is 5.75 Å². The van der Waals surface area contributed by atoms with Crippen molar-refractivity contribution in [1.29, 1.82) is 0 Å². The van der Waals surface area contributed by atoms with Crippen LogP contribution in [0.2, 0.25) is 0 Å². The maximum Gasteiger partial charge on any atom is 0.303 e. The van der Waals surface area contributed by atoms with Crippen molar-refractivity contribution in [2.45, 2.75) is 12.3 Å². The fraction of sp³-hybridized carbons (Fsp3) is 0.143. The lowest BCUT2D eigenvalue weighted by atomic mass is 9.92. The van der Waals surface area contributed by atoms with Gasteiger partial charge >= 0.3 is 5.97 Å². The van der Waals surface area contributed by atoms with Gasteiger partial charge in [-0.3, -0.25) is 4.79 Å². The van der Waals surface area contributed by atoms with Crippen molar-refractivity contribution in [2.75, 3.05) is 0 Å². The lowest BCUT2D eigenvalue weighted by molar-refractivity contribution is -0.137. The maximum absolute atomic E-state index is 10.7. The van der Waals surface area contributed by atoms with Crippen molar-refractivity contribution in [2.24, 2.45) is 0 Å². The van der Waals surface area contributed by atoms with E-state index >= 15 is 0 Å². The summed E-state index contributed by atoms with van der Waals surface area (Å²) in [5.74, 6) is -1.02. The van der Waals surface area contributed by atoms with Gasteiger partial charge in [-0.05, 0) is 41.3 Å². The van der Waals surface area contributed by atoms with E-state index in [9.17, 15) is 9.90 Å². The van der Waals surface area contributed by atoms with Crippen LogP contribution in [0, 0.1) is 6.92 Å². The van der Waals surface area contributed by atoms with E-state index < -0.39 is 5.97 Å². The number of carboxylic acid groups (broad SMARTS) is 1. The zero-order chi connectivity index (χ0) is 12.4. The van der Waals surface area contributed by atoms with Gasteiger partial charge in [-0.2, -0.15) is 0 Å². The zero-order valence-electron chi connectivity index (χ0n) is 9.26. The first kappa shape index (κ1) is 11.5. The van der Waals surface area contributed by atoms with Gasteiger partial charge in [0.05, 0.1) is 6.42 Å². The zero-order valence-corrected chi connectivity index (χ0v) is 9.26. The van der Waals surface area contributed by atoms with Crippen LogP contribution >= 0.6 is 0 Å². The van der Waals surface area contributed by atoms with Crippen LogP contribution in [0.15, 0.2) is 36.4 Å². The Morgan fingerprint density at radius 1 is 1.29 bits per heavy atom. The molecule has 2 aromatic rings. The minimum absolute atomic E-state index is 0.0191. The van der Waals surface area contributed by atoms with Crippen molar-refractivity contribution < 1.29 is 15.0 Å². The molecule has 3 nitrogen and oxygen atoms in total. The molecule has 1 radical (unpaired) electrons. The van der Waals surface area contributed by atoms with E-state index in [1.807, 2.05) is 24.3 Å². The third-order valence-corrected chi connectivity index (χ3v) is 2.76. The number of phenolic OH excluding ortho intramolecular Hbond substituents is 1. The van der Waals surface area contributed by atoms with Crippen LogP contribution < -0.4 is 0 Å². The first-order valence-electron chi connectivity index (χ1n) is 5.34. The third-order valence-electron chi connectivity index (χ3n) is 2.76. The number of aromatic hydroxyl groups is 1. The van der Waals surface area contributed by atoms with Crippen molar-refractivity contribution >= 4 is 16.7 Å². The molecule has 0 heterocycles. The van der Waals surface area contributed by atoms with Gasteiger partial charge < -0.3 is 10.2 Å². The van der Waals surface area contributed by atoms with Gasteiger partial charge in [0.2, 0.25) is 0 Å². The van der Waals surface area contributed by atoms with E-state index in [1.54, 1.807) is 12.1 Å². The third kappa shape index (κ3) is 2.38. The number of hydrogen-bond donors (Lipinski definition) is 2. The Morgan fingerprint density at radius 2 is 2.06 bits per heavy atom. The smallest absolute Gasteiger partial charge is 0.303 e. The highest BCUT2D eigenvalue weighted by Crippen LogP contribution is 2.29. The number of phenols is 1. The summed E-state index contributed by atoms with van der Waals surface area (Å²) in [5, 5.41) is 20.1. The predicted octanol–water partition coefficient (Wildman–Crippen LogP) is 2.94. The summed E-state index contributed by atoms with van der Waals surface area (Å²) < 4.78 is 0. The van der Waals surface area contributed by atoms with Crippen LogP contribution in [0.5, 0.6) is 5.75 Å². The van der Waals surface area contributed by atoms with Crippen LogP contribution in [0.25, 0.3) is 10.8 Å². The molecule has 1 atom stereocenters. The van der Waals surface area contributed by atoms with E-state index in [0.29, 0.717) is 0 Å². The molecule has 0 amide bonds. The van der Waals surface area contributed by atoms with Crippen LogP contribution in [0.4, 0.5) is 0 Å². The Bertz CT molecular complexity index is 560. The molecule has 2 aromatic carbocycles. The Labute approximate surface area is 99.3 Å². The van der Waals surface area contributed by atoms with Crippen molar-refractivity contribution in [3.05, 3.63) is 48.9 Å². The molecule has 0 saturated carbocycles. The summed E-state index contributed by atoms with van der Waals surface area (Å²) in [5.41, 5.74) is 0.848. The van der Waals surface area contributed by atoms with Crippen LogP contribution in [-0.2, 0) is 4.79 Å². The summed E-state index contributed by atoms with van der Waals surface area (Å²) in [6.45, 7) is 3.87. The van der Waals surface area contributed by atoms with Gasteiger partial charge in [0.15, 0.2) is 0 Å². The summed E-state index contributed by atoms with van der Waals surface area (Å²) in [7, 11) is 0. The second kappa shape index (κ2) is 4.45. The Morgan fingerprint density at radius 3 is 2.76 bits per heavy atom. The maximum atomic E-state index is 10.7. The number of aliphatic carboxylic acids is 1. The van der Waals surface area contributed by atoms with Crippen LogP contribution in [-0.4, -0.2) is 16.2 Å². The van der Waals surface area contributed by atoms with E-state index in [4.69, 9.17) is 5.11 Å². The summed E-state index contributed by atoms with van der Waals surface area (Å²) in [6.07, 6.45) is -0.0191. The molecule has 0 aromatic heterocycles.